The Balaban J connectivity index is 1.95. The van der Waals surface area contributed by atoms with Crippen LogP contribution in [0.3, 0.4) is 0 Å². The summed E-state index contributed by atoms with van der Waals surface area (Å²) in [5.41, 5.74) is -3.84. The molecule has 4 aliphatic rings. The number of aliphatic hydroxyl groups is 3. The second-order valence-electron chi connectivity index (χ2n) is 7.32. The van der Waals surface area contributed by atoms with Gasteiger partial charge in [0, 0.05) is 11.3 Å². The maximum absolute atomic E-state index is 12.8. The Morgan fingerprint density at radius 3 is 2.50 bits per heavy atom. The molecule has 2 heterocycles. The first-order valence-corrected chi connectivity index (χ1v) is 7.63. The lowest BCUT2D eigenvalue weighted by molar-refractivity contribution is -0.238. The highest BCUT2D eigenvalue weighted by Gasteiger charge is 2.87. The predicted octanol–water partition coefficient (Wildman–Crippen LogP) is -1.58. The molecule has 0 radical (unpaired) electrons. The summed E-state index contributed by atoms with van der Waals surface area (Å²) in [6, 6.07) is 0. The summed E-state index contributed by atoms with van der Waals surface area (Å²) < 4.78 is 11.5. The number of epoxide rings is 1. The van der Waals surface area contributed by atoms with Crippen LogP contribution in [0.5, 0.6) is 0 Å². The van der Waals surface area contributed by atoms with Crippen molar-refractivity contribution in [2.24, 2.45) is 16.7 Å². The largest absolute Gasteiger partial charge is 0.395 e. The van der Waals surface area contributed by atoms with Crippen LogP contribution in [0.15, 0.2) is 0 Å². The Morgan fingerprint density at radius 2 is 1.95 bits per heavy atom. The summed E-state index contributed by atoms with van der Waals surface area (Å²) in [6.07, 6.45) is -3.69. The second kappa shape index (κ2) is 3.96. The zero-order valence-corrected chi connectivity index (χ0v) is 12.5. The Hall–Kier alpha value is -0.860. The average Bonchev–Trinajstić information content (AvgIpc) is 3.27. The van der Waals surface area contributed by atoms with E-state index < -0.39 is 64.9 Å². The highest BCUT2D eigenvalue weighted by molar-refractivity contribution is 6.41. The lowest BCUT2D eigenvalue weighted by atomic mass is 9.49. The molecular weight excluding hydrogens is 292 g/mol. The van der Waals surface area contributed by atoms with Crippen LogP contribution in [0.2, 0.25) is 0 Å². The number of ether oxygens (including phenoxy) is 2. The summed E-state index contributed by atoms with van der Waals surface area (Å²) in [5, 5.41) is 31.1. The monoisotopic (exact) mass is 312 g/mol. The van der Waals surface area contributed by atoms with Gasteiger partial charge in [0.2, 0.25) is 11.6 Å². The number of ketones is 2. The normalized spacial score (nSPS) is 59.8. The minimum Gasteiger partial charge on any atom is -0.395 e. The molecule has 7 nitrogen and oxygen atoms in total. The Kier molecular flexibility index (Phi) is 2.65. The molecule has 2 bridgehead atoms. The van der Waals surface area contributed by atoms with Crippen molar-refractivity contribution in [2.75, 3.05) is 13.2 Å². The summed E-state index contributed by atoms with van der Waals surface area (Å²) in [6.45, 7) is 2.89. The van der Waals surface area contributed by atoms with E-state index in [0.717, 1.165) is 0 Å². The zero-order valence-electron chi connectivity index (χ0n) is 12.5. The highest BCUT2D eigenvalue weighted by Crippen LogP contribution is 2.70. The first-order valence-electron chi connectivity index (χ1n) is 7.63. The molecule has 1 unspecified atom stereocenters. The predicted molar refractivity (Wildman–Crippen MR) is 70.8 cm³/mol. The molecule has 0 amide bonds. The molecule has 22 heavy (non-hydrogen) atoms. The molecule has 2 saturated carbocycles. The van der Waals surface area contributed by atoms with Crippen molar-refractivity contribution < 1.29 is 34.4 Å². The Bertz CT molecular complexity index is 570. The van der Waals surface area contributed by atoms with Gasteiger partial charge in [-0.1, -0.05) is 13.8 Å². The van der Waals surface area contributed by atoms with Gasteiger partial charge in [0.25, 0.3) is 0 Å². The van der Waals surface area contributed by atoms with E-state index in [1.54, 1.807) is 13.8 Å². The van der Waals surface area contributed by atoms with Gasteiger partial charge in [0.05, 0.1) is 30.8 Å². The molecule has 1 spiro atoms. The fourth-order valence-electron chi connectivity index (χ4n) is 5.18. The van der Waals surface area contributed by atoms with Gasteiger partial charge >= 0.3 is 0 Å². The maximum Gasteiger partial charge on any atom is 0.210 e. The fourth-order valence-corrected chi connectivity index (χ4v) is 5.18. The van der Waals surface area contributed by atoms with Gasteiger partial charge in [-0.2, -0.15) is 0 Å². The van der Waals surface area contributed by atoms with E-state index in [1.165, 1.54) is 0 Å². The minimum atomic E-state index is -1.57. The van der Waals surface area contributed by atoms with Crippen LogP contribution in [-0.4, -0.2) is 70.1 Å². The van der Waals surface area contributed by atoms with Crippen molar-refractivity contribution in [3.63, 3.8) is 0 Å². The van der Waals surface area contributed by atoms with Crippen LogP contribution >= 0.6 is 0 Å². The first kappa shape index (κ1) is 14.7. The third kappa shape index (κ3) is 1.18. The van der Waals surface area contributed by atoms with E-state index >= 15 is 0 Å². The third-order valence-electron chi connectivity index (χ3n) is 6.70. The maximum atomic E-state index is 12.8. The summed E-state index contributed by atoms with van der Waals surface area (Å²) in [7, 11) is 0. The quantitative estimate of drug-likeness (QED) is 0.395. The van der Waals surface area contributed by atoms with Gasteiger partial charge in [-0.15, -0.1) is 0 Å². The van der Waals surface area contributed by atoms with Gasteiger partial charge in [0.1, 0.15) is 17.8 Å². The lowest BCUT2D eigenvalue weighted by Crippen LogP contribution is -2.72. The number of carbonyl (C=O) groups excluding carboxylic acids is 2. The smallest absolute Gasteiger partial charge is 0.210 e. The zero-order chi connectivity index (χ0) is 16.1. The van der Waals surface area contributed by atoms with Crippen molar-refractivity contribution >= 4 is 11.6 Å². The molecule has 2 aliphatic heterocycles. The van der Waals surface area contributed by atoms with Gasteiger partial charge < -0.3 is 24.8 Å². The van der Waals surface area contributed by atoms with Gasteiger partial charge in [0.15, 0.2) is 0 Å². The third-order valence-corrected chi connectivity index (χ3v) is 6.70. The minimum absolute atomic E-state index is 0.230. The van der Waals surface area contributed by atoms with E-state index in [0.29, 0.717) is 0 Å². The molecule has 2 aliphatic carbocycles. The SMILES string of the molecule is CC1C[C@H]2O[C@@H]3[C@H](O)[C@@H](O)[C@@](C)([C@]34CO4)[C@@]2(CO)C(=O)C1=O. The molecule has 2 saturated heterocycles. The molecule has 8 atom stereocenters. The number of hydrogen-bond acceptors (Lipinski definition) is 7. The van der Waals surface area contributed by atoms with Crippen molar-refractivity contribution in [1.29, 1.82) is 0 Å². The number of fused-ring (bicyclic) bond motifs is 2. The van der Waals surface area contributed by atoms with Gasteiger partial charge in [-0.25, -0.2) is 0 Å². The van der Waals surface area contributed by atoms with Crippen LogP contribution in [0.25, 0.3) is 0 Å². The first-order chi connectivity index (χ1) is 10.3. The molecule has 3 N–H and O–H groups in total. The van der Waals surface area contributed by atoms with Gasteiger partial charge in [-0.3, -0.25) is 9.59 Å². The lowest BCUT2D eigenvalue weighted by Gasteiger charge is -2.57. The molecule has 0 aromatic heterocycles. The van der Waals surface area contributed by atoms with E-state index in [4.69, 9.17) is 9.47 Å². The van der Waals surface area contributed by atoms with Crippen molar-refractivity contribution in [3.8, 4) is 0 Å². The summed E-state index contributed by atoms with van der Waals surface area (Å²) in [5.74, 6) is -1.77. The number of hydrogen-bond donors (Lipinski definition) is 3. The Morgan fingerprint density at radius 1 is 1.32 bits per heavy atom. The standard InChI is InChI=1S/C15H20O7/c1-6-3-7-14(4-16,11(20)8(6)17)13(2)10(19)9(18)12(22-7)15(13)5-21-15/h6-7,9-10,12,16,18-19H,3-5H2,1-2H3/t6?,7-,9-,10-,12-,13-,14-,15+/m1/s1. The van der Waals surface area contributed by atoms with Crippen LogP contribution in [0.4, 0.5) is 0 Å². The summed E-state index contributed by atoms with van der Waals surface area (Å²) in [4.78, 5) is 25.1. The van der Waals surface area contributed by atoms with E-state index in [-0.39, 0.29) is 13.0 Å². The molecule has 122 valence electrons. The van der Waals surface area contributed by atoms with E-state index in [2.05, 4.69) is 0 Å². The van der Waals surface area contributed by atoms with Gasteiger partial charge in [-0.05, 0) is 6.42 Å². The molecule has 7 heteroatoms. The number of carbonyl (C=O) groups is 2. The van der Waals surface area contributed by atoms with E-state index in [1.807, 2.05) is 0 Å². The van der Waals surface area contributed by atoms with Crippen LogP contribution < -0.4 is 0 Å². The van der Waals surface area contributed by atoms with Crippen LogP contribution in [0, 0.1) is 16.7 Å². The number of rotatable bonds is 1. The fraction of sp³-hybridized carbons (Fsp3) is 0.867. The second-order valence-corrected chi connectivity index (χ2v) is 7.32. The Labute approximate surface area is 127 Å². The molecule has 0 aromatic carbocycles. The van der Waals surface area contributed by atoms with Crippen LogP contribution in [0.1, 0.15) is 20.3 Å². The van der Waals surface area contributed by atoms with Crippen molar-refractivity contribution in [3.05, 3.63) is 0 Å². The highest BCUT2D eigenvalue weighted by atomic mass is 16.6. The molecule has 4 rings (SSSR count). The number of aliphatic hydroxyl groups excluding tert-OH is 3. The van der Waals surface area contributed by atoms with Crippen LogP contribution in [-0.2, 0) is 19.1 Å². The molecular formula is C15H20O7. The van der Waals surface area contributed by atoms with Crippen molar-refractivity contribution in [1.82, 2.24) is 0 Å². The molecule has 4 fully saturated rings. The van der Waals surface area contributed by atoms with E-state index in [9.17, 15) is 24.9 Å². The molecule has 0 aromatic rings. The summed E-state index contributed by atoms with van der Waals surface area (Å²) >= 11 is 0. The average molecular weight is 312 g/mol. The number of Topliss-reactive ketones (excluding diaryl/α,β-unsaturated/α-hetero) is 2. The van der Waals surface area contributed by atoms with Crippen molar-refractivity contribution in [2.45, 2.75) is 50.3 Å². The topological polar surface area (TPSA) is 117 Å².